The van der Waals surface area contributed by atoms with Gasteiger partial charge in [-0.3, -0.25) is 9.78 Å². The summed E-state index contributed by atoms with van der Waals surface area (Å²) in [5.74, 6) is -0.557. The first-order valence-corrected chi connectivity index (χ1v) is 6.90. The van der Waals surface area contributed by atoms with E-state index in [4.69, 9.17) is 0 Å². The molecule has 0 radical (unpaired) electrons. The van der Waals surface area contributed by atoms with E-state index in [0.717, 1.165) is 12.8 Å². The molecule has 0 spiro atoms. The third-order valence-corrected chi connectivity index (χ3v) is 3.93. The molecule has 3 heterocycles. The van der Waals surface area contributed by atoms with Gasteiger partial charge in [-0.1, -0.05) is 0 Å². The molecule has 2 atom stereocenters. The molecule has 0 N–H and O–H groups in total. The fraction of sp³-hybridized carbons (Fsp3) is 0.429. The van der Waals surface area contributed by atoms with Gasteiger partial charge >= 0.3 is 0 Å². The summed E-state index contributed by atoms with van der Waals surface area (Å²) >= 11 is 0. The van der Waals surface area contributed by atoms with Gasteiger partial charge in [-0.15, -0.1) is 5.10 Å². The monoisotopic (exact) mass is 290 g/mol. The number of hydrogen-bond acceptors (Lipinski definition) is 4. The number of carbonyl (C=O) groups excluding carboxylic acids is 1. The van der Waals surface area contributed by atoms with Crippen molar-refractivity contribution in [2.24, 2.45) is 5.92 Å². The minimum absolute atomic E-state index is 0.0313. The summed E-state index contributed by atoms with van der Waals surface area (Å²) in [7, 11) is 0. The summed E-state index contributed by atoms with van der Waals surface area (Å²) < 4.78 is 29.3. The molecule has 4 rings (SSSR count). The molecule has 2 aromatic heterocycles. The average Bonchev–Trinajstić information content (AvgIpc) is 3.15. The predicted molar refractivity (Wildman–Crippen MR) is 67.9 cm³/mol. The van der Waals surface area contributed by atoms with E-state index in [0.29, 0.717) is 0 Å². The molecule has 1 saturated carbocycles. The highest BCUT2D eigenvalue weighted by molar-refractivity contribution is 5.95. The Morgan fingerprint density at radius 1 is 1.38 bits per heavy atom. The van der Waals surface area contributed by atoms with Crippen molar-refractivity contribution in [3.05, 3.63) is 41.5 Å². The standard InChI is InChI=1S/C14H12F2N4O/c15-8-2-1-5-17-11(8)10-6-9(16)14-18-13(19-20(10)14)12(21)7-3-4-7/h1-2,5,7,9-10H,3-4,6H2. The summed E-state index contributed by atoms with van der Waals surface area (Å²) in [6, 6.07) is 2.11. The van der Waals surface area contributed by atoms with Crippen molar-refractivity contribution in [3.8, 4) is 0 Å². The van der Waals surface area contributed by atoms with E-state index in [2.05, 4.69) is 15.1 Å². The highest BCUT2D eigenvalue weighted by atomic mass is 19.1. The Kier molecular flexibility index (Phi) is 2.63. The second-order valence-electron chi connectivity index (χ2n) is 5.47. The first kappa shape index (κ1) is 12.6. The molecule has 2 unspecified atom stereocenters. The molecule has 0 saturated heterocycles. The van der Waals surface area contributed by atoms with E-state index in [-0.39, 0.29) is 35.5 Å². The Bertz CT molecular complexity index is 726. The zero-order valence-corrected chi connectivity index (χ0v) is 11.0. The number of alkyl halides is 1. The van der Waals surface area contributed by atoms with Crippen molar-refractivity contribution in [2.45, 2.75) is 31.5 Å². The lowest BCUT2D eigenvalue weighted by Crippen LogP contribution is -2.13. The first-order valence-electron chi connectivity index (χ1n) is 6.90. The van der Waals surface area contributed by atoms with E-state index in [1.807, 2.05) is 0 Å². The van der Waals surface area contributed by atoms with Crippen LogP contribution in [0.2, 0.25) is 0 Å². The molecule has 1 aliphatic heterocycles. The third-order valence-electron chi connectivity index (χ3n) is 3.93. The van der Waals surface area contributed by atoms with Gasteiger partial charge in [0.25, 0.3) is 0 Å². The van der Waals surface area contributed by atoms with Crippen LogP contribution < -0.4 is 0 Å². The maximum absolute atomic E-state index is 14.1. The Hall–Kier alpha value is -2.18. The van der Waals surface area contributed by atoms with Gasteiger partial charge in [0.05, 0.1) is 0 Å². The maximum Gasteiger partial charge on any atom is 0.217 e. The molecule has 0 amide bonds. The van der Waals surface area contributed by atoms with Crippen molar-refractivity contribution in [1.29, 1.82) is 0 Å². The van der Waals surface area contributed by atoms with Gasteiger partial charge in [0.15, 0.2) is 12.0 Å². The highest BCUT2D eigenvalue weighted by Gasteiger charge is 2.40. The molecule has 7 heteroatoms. The van der Waals surface area contributed by atoms with Gasteiger partial charge in [0.1, 0.15) is 17.6 Å². The molecule has 0 bridgehead atoms. The van der Waals surface area contributed by atoms with Gasteiger partial charge < -0.3 is 0 Å². The number of Topliss-reactive ketones (excluding diaryl/α,β-unsaturated/α-hetero) is 1. The lowest BCUT2D eigenvalue weighted by molar-refractivity contribution is 0.0956. The van der Waals surface area contributed by atoms with Crippen LogP contribution in [0, 0.1) is 11.7 Å². The summed E-state index contributed by atoms with van der Waals surface area (Å²) in [6.07, 6.45) is 1.81. The van der Waals surface area contributed by atoms with E-state index in [1.165, 1.54) is 23.0 Å². The maximum atomic E-state index is 14.1. The van der Waals surface area contributed by atoms with Crippen molar-refractivity contribution in [3.63, 3.8) is 0 Å². The van der Waals surface area contributed by atoms with Gasteiger partial charge in [-0.2, -0.15) is 0 Å². The van der Waals surface area contributed by atoms with Crippen molar-refractivity contribution >= 4 is 5.78 Å². The lowest BCUT2D eigenvalue weighted by atomic mass is 10.1. The number of ketones is 1. The number of halogens is 2. The number of aromatic nitrogens is 4. The van der Waals surface area contributed by atoms with E-state index < -0.39 is 18.0 Å². The van der Waals surface area contributed by atoms with Crippen molar-refractivity contribution in [1.82, 2.24) is 19.7 Å². The van der Waals surface area contributed by atoms with Crippen molar-refractivity contribution in [2.75, 3.05) is 0 Å². The first-order chi connectivity index (χ1) is 10.1. The normalized spacial score (nSPS) is 24.1. The molecule has 1 fully saturated rings. The van der Waals surface area contributed by atoms with E-state index in [1.54, 1.807) is 0 Å². The average molecular weight is 290 g/mol. The van der Waals surface area contributed by atoms with Gasteiger partial charge in [-0.05, 0) is 25.0 Å². The molecule has 21 heavy (non-hydrogen) atoms. The number of fused-ring (bicyclic) bond motifs is 1. The van der Waals surface area contributed by atoms with Crippen LogP contribution in [-0.2, 0) is 0 Å². The van der Waals surface area contributed by atoms with Crippen LogP contribution >= 0.6 is 0 Å². The molecule has 0 aromatic carbocycles. The van der Waals surface area contributed by atoms with Crippen LogP contribution in [0.5, 0.6) is 0 Å². The van der Waals surface area contributed by atoms with Gasteiger partial charge in [0, 0.05) is 18.5 Å². The van der Waals surface area contributed by atoms with Gasteiger partial charge in [-0.25, -0.2) is 18.4 Å². The van der Waals surface area contributed by atoms with Crippen LogP contribution in [0.25, 0.3) is 0 Å². The topological polar surface area (TPSA) is 60.7 Å². The molecule has 1 aliphatic carbocycles. The molecule has 108 valence electrons. The minimum atomic E-state index is -1.36. The SMILES string of the molecule is O=C(c1nc2n(n1)C(c1ncccc1F)CC2F)C1CC1. The Labute approximate surface area is 119 Å². The zero-order chi connectivity index (χ0) is 14.6. The Morgan fingerprint density at radius 3 is 2.90 bits per heavy atom. The number of rotatable bonds is 3. The summed E-state index contributed by atoms with van der Waals surface area (Å²) in [6.45, 7) is 0. The number of hydrogen-bond donors (Lipinski definition) is 0. The third kappa shape index (κ3) is 1.95. The lowest BCUT2D eigenvalue weighted by Gasteiger charge is -2.11. The fourth-order valence-electron chi connectivity index (χ4n) is 2.68. The van der Waals surface area contributed by atoms with Crippen molar-refractivity contribution < 1.29 is 13.6 Å². The molecule has 2 aromatic rings. The minimum Gasteiger partial charge on any atom is -0.290 e. The van der Waals surface area contributed by atoms with Gasteiger partial charge in [0.2, 0.25) is 11.6 Å². The number of carbonyl (C=O) groups is 1. The predicted octanol–water partition coefficient (Wildman–Crippen LogP) is 2.41. The second kappa shape index (κ2) is 4.41. The highest BCUT2D eigenvalue weighted by Crippen LogP contribution is 2.40. The molecular weight excluding hydrogens is 278 g/mol. The van der Waals surface area contributed by atoms with Crippen LogP contribution in [0.4, 0.5) is 8.78 Å². The second-order valence-corrected chi connectivity index (χ2v) is 5.47. The molecule has 5 nitrogen and oxygen atoms in total. The van der Waals surface area contributed by atoms with Crippen LogP contribution in [0.1, 0.15) is 53.6 Å². The smallest absolute Gasteiger partial charge is 0.217 e. The van der Waals surface area contributed by atoms with Crippen LogP contribution in [-0.4, -0.2) is 25.5 Å². The quantitative estimate of drug-likeness (QED) is 0.814. The number of pyridine rings is 1. The fourth-order valence-corrected chi connectivity index (χ4v) is 2.68. The molecule has 2 aliphatic rings. The van der Waals surface area contributed by atoms with Crippen LogP contribution in [0.15, 0.2) is 18.3 Å². The van der Waals surface area contributed by atoms with Crippen LogP contribution in [0.3, 0.4) is 0 Å². The zero-order valence-electron chi connectivity index (χ0n) is 11.0. The number of nitrogens with zero attached hydrogens (tertiary/aromatic N) is 4. The van der Waals surface area contributed by atoms with E-state index >= 15 is 0 Å². The van der Waals surface area contributed by atoms with E-state index in [9.17, 15) is 13.6 Å². The largest absolute Gasteiger partial charge is 0.290 e. The summed E-state index contributed by atoms with van der Waals surface area (Å²) in [5.41, 5.74) is 0.134. The molecular formula is C14H12F2N4O. The summed E-state index contributed by atoms with van der Waals surface area (Å²) in [4.78, 5) is 20.0. The Morgan fingerprint density at radius 2 is 2.19 bits per heavy atom. The summed E-state index contributed by atoms with van der Waals surface area (Å²) in [5, 5.41) is 4.11. The Balaban J connectivity index is 1.75.